The summed E-state index contributed by atoms with van der Waals surface area (Å²) in [6.45, 7) is 2.91. The molecule has 1 saturated heterocycles. The summed E-state index contributed by atoms with van der Waals surface area (Å²) < 4.78 is 0. The highest BCUT2D eigenvalue weighted by Gasteiger charge is 2.52. The van der Waals surface area contributed by atoms with E-state index >= 15 is 0 Å². The minimum Gasteiger partial charge on any atom is -0.340 e. The number of nitrogens with one attached hydrogen (secondary N) is 1. The smallest absolute Gasteiger partial charge is 0.252 e. The summed E-state index contributed by atoms with van der Waals surface area (Å²) >= 11 is 1.54. The van der Waals surface area contributed by atoms with Crippen LogP contribution < -0.4 is 9.80 Å². The van der Waals surface area contributed by atoms with Crippen LogP contribution in [-0.4, -0.2) is 50.2 Å². The maximum atomic E-state index is 13.1. The second kappa shape index (κ2) is 5.85. The van der Waals surface area contributed by atoms with Gasteiger partial charge in [0.1, 0.15) is 21.9 Å². The Morgan fingerprint density at radius 2 is 2.22 bits per heavy atom. The van der Waals surface area contributed by atoms with E-state index in [4.69, 9.17) is 4.98 Å². The van der Waals surface area contributed by atoms with Crippen LogP contribution in [0.2, 0.25) is 0 Å². The summed E-state index contributed by atoms with van der Waals surface area (Å²) in [7, 11) is 1.82. The molecule has 3 aromatic heterocycles. The van der Waals surface area contributed by atoms with Gasteiger partial charge in [0.05, 0.1) is 18.0 Å². The first-order chi connectivity index (χ1) is 13.2. The Kier molecular flexibility index (Phi) is 3.55. The Hall–Kier alpha value is -2.81. The van der Waals surface area contributed by atoms with Crippen LogP contribution in [0.3, 0.4) is 0 Å². The molecule has 1 N–H and O–H groups in total. The molecule has 0 spiro atoms. The summed E-state index contributed by atoms with van der Waals surface area (Å²) in [4.78, 5) is 30.7. The molecule has 138 valence electrons. The van der Waals surface area contributed by atoms with Gasteiger partial charge in [0.25, 0.3) is 5.91 Å². The first kappa shape index (κ1) is 16.4. The number of thiazole rings is 1. The normalized spacial score (nSPS) is 21.5. The van der Waals surface area contributed by atoms with E-state index in [-0.39, 0.29) is 5.91 Å². The first-order valence-corrected chi connectivity index (χ1v) is 9.90. The van der Waals surface area contributed by atoms with Gasteiger partial charge in [0, 0.05) is 25.2 Å². The number of aromatic amines is 1. The lowest BCUT2D eigenvalue weighted by Crippen LogP contribution is -2.59. The first-order valence-electron chi connectivity index (χ1n) is 9.02. The lowest BCUT2D eigenvalue weighted by molar-refractivity contribution is -0.123. The van der Waals surface area contributed by atoms with Crippen LogP contribution in [0.4, 0.5) is 11.5 Å². The van der Waals surface area contributed by atoms with Gasteiger partial charge in [0.2, 0.25) is 0 Å². The van der Waals surface area contributed by atoms with Crippen molar-refractivity contribution in [3.8, 4) is 22.1 Å². The Labute approximate surface area is 160 Å². The van der Waals surface area contributed by atoms with Crippen LogP contribution in [0.5, 0.6) is 0 Å². The highest BCUT2D eigenvalue weighted by atomic mass is 32.1. The van der Waals surface area contributed by atoms with Crippen LogP contribution in [0.1, 0.15) is 26.2 Å². The van der Waals surface area contributed by atoms with Crippen molar-refractivity contribution in [1.29, 1.82) is 0 Å². The maximum Gasteiger partial charge on any atom is 0.252 e. The average Bonchev–Trinajstić information content (AvgIpc) is 3.45. The Morgan fingerprint density at radius 1 is 1.33 bits per heavy atom. The van der Waals surface area contributed by atoms with Crippen LogP contribution in [-0.2, 0) is 4.79 Å². The van der Waals surface area contributed by atoms with E-state index in [1.165, 1.54) is 11.3 Å². The van der Waals surface area contributed by atoms with Gasteiger partial charge in [-0.3, -0.25) is 9.89 Å². The molecular formula is C18H19N7OS. The van der Waals surface area contributed by atoms with Gasteiger partial charge in [-0.2, -0.15) is 5.10 Å². The second-order valence-electron chi connectivity index (χ2n) is 6.90. The highest BCUT2D eigenvalue weighted by molar-refractivity contribution is 7.13. The second-order valence-corrected chi connectivity index (χ2v) is 7.80. The number of amides is 1. The molecule has 1 unspecified atom stereocenters. The van der Waals surface area contributed by atoms with Gasteiger partial charge in [-0.05, 0) is 19.3 Å². The molecule has 3 aromatic rings. The fraction of sp³-hybridized carbons (Fsp3) is 0.389. The third kappa shape index (κ3) is 2.18. The van der Waals surface area contributed by atoms with Gasteiger partial charge < -0.3 is 9.80 Å². The van der Waals surface area contributed by atoms with E-state index < -0.39 is 5.54 Å². The number of hydrogen-bond acceptors (Lipinski definition) is 7. The fourth-order valence-corrected chi connectivity index (χ4v) is 4.89. The number of rotatable bonds is 3. The number of likely N-dealkylation sites (N-methyl/N-ethyl adjacent to an activating group) is 1. The standard InChI is InChI=1S/C18H19N7OS/c1-3-18-5-4-7-25(18)15-12(24(2)17(18)26)10-20-14(22-15)11-9-21-23-13(11)16-19-6-8-27-16/h6,8-10H,3-5,7H2,1-2H3,(H,21,23). The van der Waals surface area contributed by atoms with Gasteiger partial charge in [-0.15, -0.1) is 11.3 Å². The number of fused-ring (bicyclic) bond motifs is 3. The molecule has 1 fully saturated rings. The zero-order valence-corrected chi connectivity index (χ0v) is 16.0. The van der Waals surface area contributed by atoms with Crippen molar-refractivity contribution in [2.45, 2.75) is 31.7 Å². The molecular weight excluding hydrogens is 362 g/mol. The van der Waals surface area contributed by atoms with Crippen LogP contribution >= 0.6 is 11.3 Å². The minimum atomic E-state index is -0.484. The van der Waals surface area contributed by atoms with Gasteiger partial charge in [0.15, 0.2) is 11.6 Å². The van der Waals surface area contributed by atoms with E-state index in [1.54, 1.807) is 23.5 Å². The molecule has 5 rings (SSSR count). The van der Waals surface area contributed by atoms with Gasteiger partial charge >= 0.3 is 0 Å². The molecule has 9 heteroatoms. The van der Waals surface area contributed by atoms with Gasteiger partial charge in [-0.25, -0.2) is 15.0 Å². The number of carbonyl (C=O) groups excluding carboxylic acids is 1. The summed E-state index contributed by atoms with van der Waals surface area (Å²) in [6, 6.07) is 0. The van der Waals surface area contributed by atoms with Crippen molar-refractivity contribution in [2.75, 3.05) is 23.4 Å². The van der Waals surface area contributed by atoms with Crippen LogP contribution in [0.15, 0.2) is 24.0 Å². The topological polar surface area (TPSA) is 90.9 Å². The van der Waals surface area contributed by atoms with Crippen LogP contribution in [0.25, 0.3) is 22.1 Å². The van der Waals surface area contributed by atoms with E-state index in [0.717, 1.165) is 53.6 Å². The van der Waals surface area contributed by atoms with Crippen molar-refractivity contribution in [3.05, 3.63) is 24.0 Å². The largest absolute Gasteiger partial charge is 0.340 e. The number of carbonyl (C=O) groups is 1. The zero-order chi connectivity index (χ0) is 18.6. The summed E-state index contributed by atoms with van der Waals surface area (Å²) in [5.41, 5.74) is 1.90. The molecule has 1 atom stereocenters. The SMILES string of the molecule is CCC12CCCN1c1nc(-c3cn[nH]c3-c3nccs3)ncc1N(C)C2=O. The summed E-state index contributed by atoms with van der Waals surface area (Å²) in [5, 5.41) is 9.95. The number of H-pyrrole nitrogens is 1. The number of anilines is 2. The van der Waals surface area contributed by atoms with E-state index in [0.29, 0.717) is 5.82 Å². The zero-order valence-electron chi connectivity index (χ0n) is 15.1. The van der Waals surface area contributed by atoms with Crippen LogP contribution in [0, 0.1) is 0 Å². The molecule has 0 radical (unpaired) electrons. The third-order valence-electron chi connectivity index (χ3n) is 5.67. The molecule has 27 heavy (non-hydrogen) atoms. The van der Waals surface area contributed by atoms with Crippen molar-refractivity contribution < 1.29 is 4.79 Å². The molecule has 0 saturated carbocycles. The van der Waals surface area contributed by atoms with Crippen molar-refractivity contribution >= 4 is 28.7 Å². The predicted molar refractivity (Wildman–Crippen MR) is 104 cm³/mol. The Bertz CT molecular complexity index is 1010. The summed E-state index contributed by atoms with van der Waals surface area (Å²) in [5.74, 6) is 1.55. The van der Waals surface area contributed by atoms with Crippen molar-refractivity contribution in [2.24, 2.45) is 0 Å². The van der Waals surface area contributed by atoms with E-state index in [1.807, 2.05) is 12.4 Å². The quantitative estimate of drug-likeness (QED) is 0.750. The number of hydrogen-bond donors (Lipinski definition) is 1. The van der Waals surface area contributed by atoms with E-state index in [2.05, 4.69) is 32.0 Å². The number of nitrogens with zero attached hydrogens (tertiary/aromatic N) is 6. The molecule has 0 aromatic carbocycles. The molecule has 2 aliphatic rings. The molecule has 0 bridgehead atoms. The van der Waals surface area contributed by atoms with Gasteiger partial charge in [-0.1, -0.05) is 6.92 Å². The van der Waals surface area contributed by atoms with Crippen molar-refractivity contribution in [3.63, 3.8) is 0 Å². The number of aromatic nitrogens is 5. The molecule has 1 amide bonds. The monoisotopic (exact) mass is 381 g/mol. The predicted octanol–water partition coefficient (Wildman–Crippen LogP) is 2.72. The molecule has 2 aliphatic heterocycles. The third-order valence-corrected chi connectivity index (χ3v) is 6.46. The maximum absolute atomic E-state index is 13.1. The Balaban J connectivity index is 1.66. The Morgan fingerprint density at radius 3 is 3.00 bits per heavy atom. The van der Waals surface area contributed by atoms with Crippen molar-refractivity contribution in [1.82, 2.24) is 25.1 Å². The summed E-state index contributed by atoms with van der Waals surface area (Å²) in [6.07, 6.45) is 7.85. The molecule has 5 heterocycles. The lowest BCUT2D eigenvalue weighted by atomic mass is 9.89. The molecule has 0 aliphatic carbocycles. The fourth-order valence-electron chi connectivity index (χ4n) is 4.25. The average molecular weight is 381 g/mol. The van der Waals surface area contributed by atoms with E-state index in [9.17, 15) is 4.79 Å². The lowest BCUT2D eigenvalue weighted by Gasteiger charge is -2.45. The minimum absolute atomic E-state index is 0.137. The highest BCUT2D eigenvalue weighted by Crippen LogP contribution is 2.46. The molecule has 8 nitrogen and oxygen atoms in total.